The highest BCUT2D eigenvalue weighted by molar-refractivity contribution is 5.76. The van der Waals surface area contributed by atoms with E-state index in [-0.39, 0.29) is 18.0 Å². The second-order valence-electron chi connectivity index (χ2n) is 3.81. The van der Waals surface area contributed by atoms with E-state index in [0.29, 0.717) is 0 Å². The molecule has 0 aromatic carbocycles. The molecule has 76 valence electrons. The van der Waals surface area contributed by atoms with Gasteiger partial charge in [-0.1, -0.05) is 5.21 Å². The summed E-state index contributed by atoms with van der Waals surface area (Å²) in [5.41, 5.74) is -0.0857. The zero-order chi connectivity index (χ0) is 10.0. The van der Waals surface area contributed by atoms with Crippen molar-refractivity contribution in [3.05, 3.63) is 12.4 Å². The van der Waals surface area contributed by atoms with Crippen molar-refractivity contribution in [2.75, 3.05) is 13.1 Å². The van der Waals surface area contributed by atoms with Crippen LogP contribution in [-0.2, 0) is 11.3 Å². The van der Waals surface area contributed by atoms with Crippen molar-refractivity contribution in [2.45, 2.75) is 19.0 Å². The second kappa shape index (κ2) is 3.38. The number of hydrogen-bond donors (Lipinski definition) is 2. The molecule has 2 heterocycles. The number of nitrogens with one attached hydrogen (secondary N) is 2. The molecule has 1 saturated heterocycles. The van der Waals surface area contributed by atoms with E-state index in [0.717, 1.165) is 13.1 Å². The maximum Gasteiger partial charge on any atom is 0.242 e. The lowest BCUT2D eigenvalue weighted by molar-refractivity contribution is -0.124. The molecule has 2 rings (SSSR count). The minimum Gasteiger partial charge on any atom is -0.347 e. The smallest absolute Gasteiger partial charge is 0.242 e. The molecule has 0 unspecified atom stereocenters. The van der Waals surface area contributed by atoms with E-state index >= 15 is 0 Å². The molecule has 0 atom stereocenters. The summed E-state index contributed by atoms with van der Waals surface area (Å²) in [5.74, 6) is -0.0282. The van der Waals surface area contributed by atoms with E-state index in [1.807, 2.05) is 6.92 Å². The van der Waals surface area contributed by atoms with Crippen molar-refractivity contribution in [1.82, 2.24) is 25.6 Å². The molecular weight excluding hydrogens is 182 g/mol. The summed E-state index contributed by atoms with van der Waals surface area (Å²) in [5, 5.41) is 13.4. The largest absolute Gasteiger partial charge is 0.347 e. The SMILES string of the molecule is CC1(NC(=O)Cn2ccnn2)CNC1. The number of hydrogen-bond acceptors (Lipinski definition) is 4. The summed E-state index contributed by atoms with van der Waals surface area (Å²) in [6.45, 7) is 3.91. The summed E-state index contributed by atoms with van der Waals surface area (Å²) in [4.78, 5) is 11.5. The van der Waals surface area contributed by atoms with Crippen molar-refractivity contribution in [1.29, 1.82) is 0 Å². The van der Waals surface area contributed by atoms with E-state index in [9.17, 15) is 4.79 Å². The van der Waals surface area contributed by atoms with Crippen LogP contribution < -0.4 is 10.6 Å². The molecule has 0 spiro atoms. The Morgan fingerprint density at radius 1 is 1.71 bits per heavy atom. The molecule has 0 aliphatic carbocycles. The van der Waals surface area contributed by atoms with E-state index in [1.54, 1.807) is 12.4 Å². The van der Waals surface area contributed by atoms with E-state index in [4.69, 9.17) is 0 Å². The summed E-state index contributed by atoms with van der Waals surface area (Å²) in [7, 11) is 0. The molecule has 1 aromatic rings. The Hall–Kier alpha value is -1.43. The van der Waals surface area contributed by atoms with Crippen LogP contribution in [0.3, 0.4) is 0 Å². The van der Waals surface area contributed by atoms with Crippen LogP contribution in [-0.4, -0.2) is 39.5 Å². The third kappa shape index (κ3) is 1.90. The molecule has 0 bridgehead atoms. The zero-order valence-electron chi connectivity index (χ0n) is 8.03. The average molecular weight is 195 g/mol. The van der Waals surface area contributed by atoms with Gasteiger partial charge in [-0.3, -0.25) is 4.79 Å². The summed E-state index contributed by atoms with van der Waals surface area (Å²) in [6, 6.07) is 0. The third-order valence-electron chi connectivity index (χ3n) is 2.25. The molecule has 1 aliphatic rings. The molecular formula is C8H13N5O. The van der Waals surface area contributed by atoms with Gasteiger partial charge < -0.3 is 10.6 Å². The quantitative estimate of drug-likeness (QED) is 0.632. The molecule has 1 aromatic heterocycles. The Kier molecular flexibility index (Phi) is 2.20. The number of aromatic nitrogens is 3. The first-order chi connectivity index (χ1) is 6.68. The van der Waals surface area contributed by atoms with Crippen molar-refractivity contribution >= 4 is 5.91 Å². The van der Waals surface area contributed by atoms with Crippen LogP contribution >= 0.6 is 0 Å². The summed E-state index contributed by atoms with van der Waals surface area (Å²) >= 11 is 0. The molecule has 14 heavy (non-hydrogen) atoms. The van der Waals surface area contributed by atoms with Gasteiger partial charge in [0.05, 0.1) is 11.7 Å². The van der Waals surface area contributed by atoms with Crippen LogP contribution in [0, 0.1) is 0 Å². The van der Waals surface area contributed by atoms with E-state index < -0.39 is 0 Å². The monoisotopic (exact) mass is 195 g/mol. The first-order valence-electron chi connectivity index (χ1n) is 4.54. The minimum atomic E-state index is -0.0857. The molecule has 2 N–H and O–H groups in total. The maximum atomic E-state index is 11.5. The predicted octanol–water partition coefficient (Wildman–Crippen LogP) is -1.24. The third-order valence-corrected chi connectivity index (χ3v) is 2.25. The van der Waals surface area contributed by atoms with Gasteiger partial charge in [0.1, 0.15) is 6.54 Å². The van der Waals surface area contributed by atoms with Gasteiger partial charge in [-0.25, -0.2) is 4.68 Å². The molecule has 1 amide bonds. The fourth-order valence-electron chi connectivity index (χ4n) is 1.43. The number of rotatable bonds is 3. The number of carbonyl (C=O) groups excluding carboxylic acids is 1. The highest BCUT2D eigenvalue weighted by atomic mass is 16.2. The maximum absolute atomic E-state index is 11.5. The van der Waals surface area contributed by atoms with Crippen LogP contribution in [0.5, 0.6) is 0 Å². The standard InChI is InChI=1S/C8H13N5O/c1-8(5-9-6-8)11-7(14)4-13-3-2-10-12-13/h2-3,9H,4-6H2,1H3,(H,11,14). The molecule has 1 fully saturated rings. The molecule has 0 radical (unpaired) electrons. The lowest BCUT2D eigenvalue weighted by Crippen LogP contribution is -2.67. The predicted molar refractivity (Wildman–Crippen MR) is 49.4 cm³/mol. The highest BCUT2D eigenvalue weighted by Crippen LogP contribution is 2.08. The Labute approximate surface area is 81.7 Å². The molecule has 1 aliphatic heterocycles. The Bertz CT molecular complexity index is 316. The lowest BCUT2D eigenvalue weighted by Gasteiger charge is -2.39. The van der Waals surface area contributed by atoms with Gasteiger partial charge in [0.15, 0.2) is 0 Å². The van der Waals surface area contributed by atoms with Crippen LogP contribution in [0.25, 0.3) is 0 Å². The molecule has 0 saturated carbocycles. The van der Waals surface area contributed by atoms with E-state index in [1.165, 1.54) is 4.68 Å². The van der Waals surface area contributed by atoms with Crippen LogP contribution in [0.1, 0.15) is 6.92 Å². The van der Waals surface area contributed by atoms with Crippen LogP contribution in [0.4, 0.5) is 0 Å². The van der Waals surface area contributed by atoms with Gasteiger partial charge >= 0.3 is 0 Å². The first-order valence-corrected chi connectivity index (χ1v) is 4.54. The average Bonchev–Trinajstić information content (AvgIpc) is 2.53. The first kappa shape index (κ1) is 9.14. The zero-order valence-corrected chi connectivity index (χ0v) is 8.03. The van der Waals surface area contributed by atoms with Crippen molar-refractivity contribution in [3.8, 4) is 0 Å². The van der Waals surface area contributed by atoms with Gasteiger partial charge in [-0.2, -0.15) is 0 Å². The fourth-order valence-corrected chi connectivity index (χ4v) is 1.43. The van der Waals surface area contributed by atoms with Gasteiger partial charge in [-0.15, -0.1) is 5.10 Å². The van der Waals surface area contributed by atoms with Crippen molar-refractivity contribution in [2.24, 2.45) is 0 Å². The Morgan fingerprint density at radius 2 is 2.50 bits per heavy atom. The lowest BCUT2D eigenvalue weighted by atomic mass is 9.95. The fraction of sp³-hybridized carbons (Fsp3) is 0.625. The highest BCUT2D eigenvalue weighted by Gasteiger charge is 2.32. The van der Waals surface area contributed by atoms with Gasteiger partial charge in [0.25, 0.3) is 0 Å². The second-order valence-corrected chi connectivity index (χ2v) is 3.81. The normalized spacial score (nSPS) is 18.6. The molecule has 6 heteroatoms. The van der Waals surface area contributed by atoms with Crippen LogP contribution in [0.2, 0.25) is 0 Å². The Balaban J connectivity index is 1.84. The van der Waals surface area contributed by atoms with Gasteiger partial charge in [0.2, 0.25) is 5.91 Å². The van der Waals surface area contributed by atoms with Crippen molar-refractivity contribution < 1.29 is 4.79 Å². The van der Waals surface area contributed by atoms with E-state index in [2.05, 4.69) is 20.9 Å². The van der Waals surface area contributed by atoms with Crippen molar-refractivity contribution in [3.63, 3.8) is 0 Å². The van der Waals surface area contributed by atoms with Gasteiger partial charge in [0, 0.05) is 19.3 Å². The summed E-state index contributed by atoms with van der Waals surface area (Å²) < 4.78 is 1.50. The van der Waals surface area contributed by atoms with Gasteiger partial charge in [-0.05, 0) is 6.92 Å². The topological polar surface area (TPSA) is 71.8 Å². The summed E-state index contributed by atoms with van der Waals surface area (Å²) in [6.07, 6.45) is 3.22. The minimum absolute atomic E-state index is 0.0282. The Morgan fingerprint density at radius 3 is 3.00 bits per heavy atom. The number of nitrogens with zero attached hydrogens (tertiary/aromatic N) is 3. The molecule has 6 nitrogen and oxygen atoms in total. The number of amides is 1. The number of carbonyl (C=O) groups is 1. The van der Waals surface area contributed by atoms with Crippen LogP contribution in [0.15, 0.2) is 12.4 Å².